The lowest BCUT2D eigenvalue weighted by molar-refractivity contribution is -0.136. The van der Waals surface area contributed by atoms with Gasteiger partial charge in [0.25, 0.3) is 0 Å². The second-order valence-electron chi connectivity index (χ2n) is 2.75. The van der Waals surface area contributed by atoms with Crippen LogP contribution in [0.15, 0.2) is 16.6 Å². The highest BCUT2D eigenvalue weighted by Crippen LogP contribution is 2.27. The Morgan fingerprint density at radius 1 is 1.50 bits per heavy atom. The average Bonchev–Trinajstić information content (AvgIpc) is 2.11. The quantitative estimate of drug-likeness (QED) is 0.879. The Bertz CT molecular complexity index is 365. The van der Waals surface area contributed by atoms with Crippen molar-refractivity contribution in [2.75, 3.05) is 0 Å². The molecule has 0 aromatic heterocycles. The summed E-state index contributed by atoms with van der Waals surface area (Å²) < 4.78 is 13.7. The highest BCUT2D eigenvalue weighted by atomic mass is 79.9. The van der Waals surface area contributed by atoms with E-state index >= 15 is 0 Å². The van der Waals surface area contributed by atoms with E-state index in [0.29, 0.717) is 4.47 Å². The maximum atomic E-state index is 13.2. The zero-order valence-electron chi connectivity index (χ0n) is 7.13. The SMILES string of the molecule is O=C(O)CCc1c(Br)ccc(O)c1F. The second-order valence-corrected chi connectivity index (χ2v) is 3.61. The van der Waals surface area contributed by atoms with Crippen LogP contribution in [-0.4, -0.2) is 16.2 Å². The first-order valence-corrected chi connectivity index (χ1v) is 4.69. The van der Waals surface area contributed by atoms with Crippen LogP contribution in [0.4, 0.5) is 4.39 Å². The molecule has 14 heavy (non-hydrogen) atoms. The number of carboxylic acids is 1. The maximum Gasteiger partial charge on any atom is 0.303 e. The molecular formula is C9H8BrFO3. The van der Waals surface area contributed by atoms with Gasteiger partial charge in [0.2, 0.25) is 0 Å². The fourth-order valence-electron chi connectivity index (χ4n) is 1.05. The van der Waals surface area contributed by atoms with Crippen molar-refractivity contribution in [1.82, 2.24) is 0 Å². The second kappa shape index (κ2) is 4.41. The van der Waals surface area contributed by atoms with E-state index in [0.717, 1.165) is 0 Å². The summed E-state index contributed by atoms with van der Waals surface area (Å²) in [7, 11) is 0. The lowest BCUT2D eigenvalue weighted by atomic mass is 10.1. The molecule has 1 rings (SSSR count). The number of hydrogen-bond donors (Lipinski definition) is 2. The highest BCUT2D eigenvalue weighted by molar-refractivity contribution is 9.10. The number of benzene rings is 1. The monoisotopic (exact) mass is 262 g/mol. The summed E-state index contributed by atoms with van der Waals surface area (Å²) in [5.41, 5.74) is 0.187. The molecule has 2 N–H and O–H groups in total. The van der Waals surface area contributed by atoms with Gasteiger partial charge in [-0.3, -0.25) is 4.79 Å². The fourth-order valence-corrected chi connectivity index (χ4v) is 1.55. The van der Waals surface area contributed by atoms with Gasteiger partial charge in [0.1, 0.15) is 0 Å². The predicted molar refractivity (Wildman–Crippen MR) is 51.7 cm³/mol. The number of phenols is 1. The number of aromatic hydroxyl groups is 1. The predicted octanol–water partition coefficient (Wildman–Crippen LogP) is 2.31. The number of carboxylic acid groups (broad SMARTS) is 1. The number of halogens is 2. The number of carbonyl (C=O) groups is 1. The van der Waals surface area contributed by atoms with Gasteiger partial charge >= 0.3 is 5.97 Å². The van der Waals surface area contributed by atoms with Crippen LogP contribution in [-0.2, 0) is 11.2 Å². The van der Waals surface area contributed by atoms with Crippen molar-refractivity contribution in [2.24, 2.45) is 0 Å². The Morgan fingerprint density at radius 3 is 2.71 bits per heavy atom. The molecule has 0 saturated heterocycles. The first kappa shape index (κ1) is 11.0. The topological polar surface area (TPSA) is 57.5 Å². The molecular weight excluding hydrogens is 255 g/mol. The fraction of sp³-hybridized carbons (Fsp3) is 0.222. The van der Waals surface area contributed by atoms with Crippen LogP contribution < -0.4 is 0 Å². The van der Waals surface area contributed by atoms with Crippen LogP contribution in [0.25, 0.3) is 0 Å². The molecule has 3 nitrogen and oxygen atoms in total. The molecule has 0 spiro atoms. The molecule has 76 valence electrons. The Labute approximate surface area is 88.3 Å². The van der Waals surface area contributed by atoms with Crippen molar-refractivity contribution < 1.29 is 19.4 Å². The summed E-state index contributed by atoms with van der Waals surface area (Å²) in [6, 6.07) is 2.69. The van der Waals surface area contributed by atoms with Gasteiger partial charge in [0.15, 0.2) is 11.6 Å². The van der Waals surface area contributed by atoms with E-state index in [2.05, 4.69) is 15.9 Å². The molecule has 0 aliphatic heterocycles. The minimum absolute atomic E-state index is 0.0517. The van der Waals surface area contributed by atoms with E-state index in [1.165, 1.54) is 12.1 Å². The van der Waals surface area contributed by atoms with E-state index in [-0.39, 0.29) is 18.4 Å². The molecule has 0 fully saturated rings. The Hall–Kier alpha value is -1.10. The van der Waals surface area contributed by atoms with E-state index in [9.17, 15) is 9.18 Å². The van der Waals surface area contributed by atoms with Crippen molar-refractivity contribution in [1.29, 1.82) is 0 Å². The van der Waals surface area contributed by atoms with E-state index in [1.807, 2.05) is 0 Å². The Balaban J connectivity index is 2.95. The molecule has 1 aromatic carbocycles. The standard InChI is InChI=1S/C9H8BrFO3/c10-6-2-3-7(12)9(11)5(6)1-4-8(13)14/h2-3,12H,1,4H2,(H,13,14). The van der Waals surface area contributed by atoms with Crippen molar-refractivity contribution >= 4 is 21.9 Å². The molecule has 0 amide bonds. The first-order chi connectivity index (χ1) is 6.52. The lowest BCUT2D eigenvalue weighted by Gasteiger charge is -2.05. The van der Waals surface area contributed by atoms with Crippen LogP contribution in [0.3, 0.4) is 0 Å². The molecule has 0 bridgehead atoms. The van der Waals surface area contributed by atoms with Gasteiger partial charge in [0, 0.05) is 16.5 Å². The lowest BCUT2D eigenvalue weighted by Crippen LogP contribution is -2.00. The van der Waals surface area contributed by atoms with Gasteiger partial charge in [-0.05, 0) is 18.6 Å². The van der Waals surface area contributed by atoms with Gasteiger partial charge < -0.3 is 10.2 Å². The smallest absolute Gasteiger partial charge is 0.303 e. The summed E-state index contributed by atoms with van der Waals surface area (Å²) in [5, 5.41) is 17.5. The van der Waals surface area contributed by atoms with Crippen molar-refractivity contribution in [3.8, 4) is 5.75 Å². The summed E-state index contributed by atoms with van der Waals surface area (Å²) >= 11 is 3.09. The Morgan fingerprint density at radius 2 is 2.14 bits per heavy atom. The minimum atomic E-state index is -1.00. The van der Waals surface area contributed by atoms with Crippen LogP contribution in [0, 0.1) is 5.82 Å². The molecule has 0 unspecified atom stereocenters. The molecule has 0 aliphatic carbocycles. The molecule has 0 aliphatic rings. The molecule has 0 saturated carbocycles. The summed E-state index contributed by atoms with van der Waals surface area (Å²) in [6.45, 7) is 0. The summed E-state index contributed by atoms with van der Waals surface area (Å²) in [6.07, 6.45) is -0.116. The van der Waals surface area contributed by atoms with Crippen molar-refractivity contribution in [3.05, 3.63) is 28.0 Å². The highest BCUT2D eigenvalue weighted by Gasteiger charge is 2.12. The summed E-state index contributed by atoms with van der Waals surface area (Å²) in [5.74, 6) is -2.23. The maximum absolute atomic E-state index is 13.2. The van der Waals surface area contributed by atoms with Crippen molar-refractivity contribution in [3.63, 3.8) is 0 Å². The number of aliphatic carboxylic acids is 1. The number of phenolic OH excluding ortho intramolecular Hbond substituents is 1. The van der Waals surface area contributed by atoms with E-state index in [1.54, 1.807) is 0 Å². The zero-order valence-corrected chi connectivity index (χ0v) is 8.71. The number of hydrogen-bond acceptors (Lipinski definition) is 2. The largest absolute Gasteiger partial charge is 0.505 e. The average molecular weight is 263 g/mol. The van der Waals surface area contributed by atoms with Crippen LogP contribution in [0.2, 0.25) is 0 Å². The van der Waals surface area contributed by atoms with Gasteiger partial charge in [-0.1, -0.05) is 15.9 Å². The van der Waals surface area contributed by atoms with Gasteiger partial charge in [-0.2, -0.15) is 0 Å². The summed E-state index contributed by atoms with van der Waals surface area (Å²) in [4.78, 5) is 10.3. The third-order valence-corrected chi connectivity index (χ3v) is 2.50. The third kappa shape index (κ3) is 2.45. The van der Waals surface area contributed by atoms with Gasteiger partial charge in [-0.25, -0.2) is 4.39 Å². The molecule has 0 radical (unpaired) electrons. The normalized spacial score (nSPS) is 10.1. The third-order valence-electron chi connectivity index (χ3n) is 1.75. The van der Waals surface area contributed by atoms with Crippen LogP contribution >= 0.6 is 15.9 Å². The van der Waals surface area contributed by atoms with Gasteiger partial charge in [0.05, 0.1) is 0 Å². The van der Waals surface area contributed by atoms with Crippen molar-refractivity contribution in [2.45, 2.75) is 12.8 Å². The van der Waals surface area contributed by atoms with Crippen LogP contribution in [0.1, 0.15) is 12.0 Å². The van der Waals surface area contributed by atoms with Gasteiger partial charge in [-0.15, -0.1) is 0 Å². The molecule has 5 heteroatoms. The molecule has 0 atom stereocenters. The van der Waals surface area contributed by atoms with Crippen LogP contribution in [0.5, 0.6) is 5.75 Å². The molecule has 0 heterocycles. The first-order valence-electron chi connectivity index (χ1n) is 3.90. The Kier molecular flexibility index (Phi) is 3.46. The zero-order chi connectivity index (χ0) is 10.7. The van der Waals surface area contributed by atoms with E-state index < -0.39 is 17.5 Å². The van der Waals surface area contributed by atoms with E-state index in [4.69, 9.17) is 10.2 Å². The number of rotatable bonds is 3. The minimum Gasteiger partial charge on any atom is -0.505 e. The molecule has 1 aromatic rings.